The van der Waals surface area contributed by atoms with Crippen LogP contribution in [0.2, 0.25) is 0 Å². The molecule has 1 atom stereocenters. The minimum atomic E-state index is -0.125. The predicted octanol–water partition coefficient (Wildman–Crippen LogP) is 1.16. The van der Waals surface area contributed by atoms with Crippen LogP contribution in [0.1, 0.15) is 19.8 Å². The fourth-order valence-electron chi connectivity index (χ4n) is 1.57. The lowest BCUT2D eigenvalue weighted by atomic mass is 9.79. The Kier molecular flexibility index (Phi) is 1.08. The lowest BCUT2D eigenvalue weighted by Crippen LogP contribution is -2.46. The van der Waals surface area contributed by atoms with Gasteiger partial charge in [-0.3, -0.25) is 0 Å². The summed E-state index contributed by atoms with van der Waals surface area (Å²) in [4.78, 5) is 0. The Balaban J connectivity index is 2.06. The third-order valence-electron chi connectivity index (χ3n) is 2.45. The summed E-state index contributed by atoms with van der Waals surface area (Å²) >= 11 is 0. The van der Waals surface area contributed by atoms with Crippen molar-refractivity contribution < 1.29 is 9.47 Å². The maximum atomic E-state index is 5.47. The molecular weight excluding hydrogens is 116 g/mol. The molecule has 0 radical (unpaired) electrons. The molecule has 52 valence electrons. The Morgan fingerprint density at radius 1 is 1.33 bits per heavy atom. The lowest BCUT2D eigenvalue weighted by Gasteiger charge is -2.42. The summed E-state index contributed by atoms with van der Waals surface area (Å²) in [6.07, 6.45) is 2.37. The Bertz CT molecular complexity index is 116. The summed E-state index contributed by atoms with van der Waals surface area (Å²) in [7, 11) is 0. The maximum absolute atomic E-state index is 5.47. The van der Waals surface area contributed by atoms with Gasteiger partial charge >= 0.3 is 0 Å². The van der Waals surface area contributed by atoms with Crippen molar-refractivity contribution in [3.8, 4) is 0 Å². The monoisotopic (exact) mass is 128 g/mol. The first-order valence-electron chi connectivity index (χ1n) is 3.61. The van der Waals surface area contributed by atoms with Gasteiger partial charge in [0.15, 0.2) is 5.79 Å². The first-order chi connectivity index (χ1) is 4.33. The quantitative estimate of drug-likeness (QED) is 0.487. The van der Waals surface area contributed by atoms with E-state index in [-0.39, 0.29) is 5.79 Å². The maximum Gasteiger partial charge on any atom is 0.171 e. The standard InChI is InChI=1S/C7H12O2/c1-6-2-3-7(6)8-4-5-9-7/h6H,2-5H2,1H3/t6-/m1/s1. The molecule has 1 saturated heterocycles. The van der Waals surface area contributed by atoms with E-state index in [0.29, 0.717) is 5.92 Å². The molecule has 0 amide bonds. The van der Waals surface area contributed by atoms with Crippen molar-refractivity contribution in [2.75, 3.05) is 13.2 Å². The third kappa shape index (κ3) is 0.634. The molecule has 9 heavy (non-hydrogen) atoms. The minimum Gasteiger partial charge on any atom is -0.347 e. The molecule has 2 nitrogen and oxygen atoms in total. The van der Waals surface area contributed by atoms with E-state index < -0.39 is 0 Å². The van der Waals surface area contributed by atoms with Crippen molar-refractivity contribution >= 4 is 0 Å². The van der Waals surface area contributed by atoms with E-state index >= 15 is 0 Å². The molecule has 2 aliphatic rings. The van der Waals surface area contributed by atoms with Crippen LogP contribution in [0.4, 0.5) is 0 Å². The van der Waals surface area contributed by atoms with Gasteiger partial charge in [-0.05, 0) is 6.42 Å². The van der Waals surface area contributed by atoms with Gasteiger partial charge in [0.2, 0.25) is 0 Å². The predicted molar refractivity (Wildman–Crippen MR) is 33.0 cm³/mol. The number of hydrogen-bond acceptors (Lipinski definition) is 2. The molecule has 1 heterocycles. The van der Waals surface area contributed by atoms with Crippen LogP contribution in [-0.4, -0.2) is 19.0 Å². The van der Waals surface area contributed by atoms with E-state index in [1.54, 1.807) is 0 Å². The fourth-order valence-corrected chi connectivity index (χ4v) is 1.57. The summed E-state index contributed by atoms with van der Waals surface area (Å²) in [5.41, 5.74) is 0. The van der Waals surface area contributed by atoms with E-state index in [9.17, 15) is 0 Å². The van der Waals surface area contributed by atoms with Gasteiger partial charge in [-0.1, -0.05) is 6.92 Å². The molecule has 0 aromatic carbocycles. The zero-order valence-corrected chi connectivity index (χ0v) is 5.72. The molecule has 0 aromatic heterocycles. The largest absolute Gasteiger partial charge is 0.347 e. The van der Waals surface area contributed by atoms with Gasteiger partial charge in [0, 0.05) is 12.3 Å². The topological polar surface area (TPSA) is 18.5 Å². The number of hydrogen-bond donors (Lipinski definition) is 0. The Labute approximate surface area is 55.1 Å². The summed E-state index contributed by atoms with van der Waals surface area (Å²) in [6.45, 7) is 3.78. The van der Waals surface area contributed by atoms with E-state index in [0.717, 1.165) is 19.6 Å². The highest BCUT2D eigenvalue weighted by molar-refractivity contribution is 4.89. The Morgan fingerprint density at radius 2 is 2.00 bits per heavy atom. The van der Waals surface area contributed by atoms with Crippen molar-refractivity contribution in [1.82, 2.24) is 0 Å². The smallest absolute Gasteiger partial charge is 0.171 e. The molecule has 2 heteroatoms. The summed E-state index contributed by atoms with van der Waals surface area (Å²) in [5.74, 6) is 0.500. The van der Waals surface area contributed by atoms with Crippen LogP contribution >= 0.6 is 0 Å². The molecule has 0 N–H and O–H groups in total. The van der Waals surface area contributed by atoms with E-state index in [2.05, 4.69) is 6.92 Å². The summed E-state index contributed by atoms with van der Waals surface area (Å²) in [5, 5.41) is 0. The highest BCUT2D eigenvalue weighted by atomic mass is 16.7. The molecule has 1 saturated carbocycles. The molecule has 1 aliphatic heterocycles. The Hall–Kier alpha value is -0.0800. The molecule has 2 rings (SSSR count). The second kappa shape index (κ2) is 1.70. The number of ether oxygens (including phenoxy) is 2. The van der Waals surface area contributed by atoms with Gasteiger partial charge in [-0.25, -0.2) is 0 Å². The van der Waals surface area contributed by atoms with Crippen molar-refractivity contribution in [1.29, 1.82) is 0 Å². The first-order valence-corrected chi connectivity index (χ1v) is 3.61. The van der Waals surface area contributed by atoms with E-state index in [1.165, 1.54) is 6.42 Å². The van der Waals surface area contributed by atoms with Gasteiger partial charge in [0.05, 0.1) is 13.2 Å². The zero-order chi connectivity index (χ0) is 6.32. The van der Waals surface area contributed by atoms with E-state index in [1.807, 2.05) is 0 Å². The molecule has 0 bridgehead atoms. The lowest BCUT2D eigenvalue weighted by molar-refractivity contribution is -0.243. The van der Waals surface area contributed by atoms with Crippen molar-refractivity contribution in [2.24, 2.45) is 5.92 Å². The molecule has 2 fully saturated rings. The van der Waals surface area contributed by atoms with Crippen LogP contribution in [0.5, 0.6) is 0 Å². The third-order valence-corrected chi connectivity index (χ3v) is 2.45. The van der Waals surface area contributed by atoms with E-state index in [4.69, 9.17) is 9.47 Å². The van der Waals surface area contributed by atoms with Crippen molar-refractivity contribution in [2.45, 2.75) is 25.6 Å². The molecule has 0 unspecified atom stereocenters. The van der Waals surface area contributed by atoms with Gasteiger partial charge in [-0.15, -0.1) is 0 Å². The second-order valence-corrected chi connectivity index (χ2v) is 2.95. The summed E-state index contributed by atoms with van der Waals surface area (Å²) in [6, 6.07) is 0. The van der Waals surface area contributed by atoms with Crippen LogP contribution < -0.4 is 0 Å². The van der Waals surface area contributed by atoms with Crippen molar-refractivity contribution in [3.05, 3.63) is 0 Å². The van der Waals surface area contributed by atoms with Gasteiger partial charge < -0.3 is 9.47 Å². The minimum absolute atomic E-state index is 0.125. The van der Waals surface area contributed by atoms with Crippen LogP contribution in [0.25, 0.3) is 0 Å². The average Bonchev–Trinajstić information content (AvgIpc) is 2.34. The average molecular weight is 128 g/mol. The second-order valence-electron chi connectivity index (χ2n) is 2.95. The van der Waals surface area contributed by atoms with Crippen LogP contribution in [-0.2, 0) is 9.47 Å². The molecule has 1 spiro atoms. The summed E-state index contributed by atoms with van der Waals surface area (Å²) < 4.78 is 10.9. The highest BCUT2D eigenvalue weighted by Crippen LogP contribution is 2.44. The molecule has 1 aliphatic carbocycles. The molecular formula is C7H12O2. The zero-order valence-electron chi connectivity index (χ0n) is 5.72. The molecule has 0 aromatic rings. The van der Waals surface area contributed by atoms with Gasteiger partial charge in [-0.2, -0.15) is 0 Å². The van der Waals surface area contributed by atoms with Crippen LogP contribution in [0, 0.1) is 5.92 Å². The van der Waals surface area contributed by atoms with Crippen LogP contribution in [0.15, 0.2) is 0 Å². The normalized spacial score (nSPS) is 39.0. The Morgan fingerprint density at radius 3 is 2.22 bits per heavy atom. The number of rotatable bonds is 0. The van der Waals surface area contributed by atoms with Crippen molar-refractivity contribution in [3.63, 3.8) is 0 Å². The fraction of sp³-hybridized carbons (Fsp3) is 1.00. The highest BCUT2D eigenvalue weighted by Gasteiger charge is 2.48. The van der Waals surface area contributed by atoms with Gasteiger partial charge in [0.25, 0.3) is 0 Å². The SMILES string of the molecule is C[C@@H]1CCC12OCCO2. The van der Waals surface area contributed by atoms with Gasteiger partial charge in [0.1, 0.15) is 0 Å². The first kappa shape index (κ1) is 5.69. The van der Waals surface area contributed by atoms with Crippen LogP contribution in [0.3, 0.4) is 0 Å².